The Kier molecular flexibility index (Phi) is 6.68. The van der Waals surface area contributed by atoms with Gasteiger partial charge in [0.1, 0.15) is 18.7 Å². The first-order valence-electron chi connectivity index (χ1n) is 11.8. The molecule has 0 unspecified atom stereocenters. The summed E-state index contributed by atoms with van der Waals surface area (Å²) in [4.78, 5) is 17.5. The standard InChI is InChI=1S/C30H25F2N3O2/c1-37-35-29(33)22-5-7-24(28(32)16-22)17-34-30(36)23-6-4-21-12-20-3-2-19(13-25(20)15-26(21)14-23)18-8-10-27(31)11-9-18/h2-11,13-14,16H,12,15,17H2,1H3,(H2,33,35)(H,34,36). The summed E-state index contributed by atoms with van der Waals surface area (Å²) in [7, 11) is 1.36. The van der Waals surface area contributed by atoms with E-state index in [0.29, 0.717) is 23.1 Å². The summed E-state index contributed by atoms with van der Waals surface area (Å²) < 4.78 is 27.8. The first-order valence-corrected chi connectivity index (χ1v) is 11.8. The quantitative estimate of drug-likeness (QED) is 0.189. The smallest absolute Gasteiger partial charge is 0.251 e. The normalized spacial score (nSPS) is 12.5. The molecule has 0 fully saturated rings. The molecular formula is C30H25F2N3O2. The molecule has 0 bridgehead atoms. The maximum absolute atomic E-state index is 14.5. The van der Waals surface area contributed by atoms with Gasteiger partial charge in [-0.2, -0.15) is 0 Å². The molecule has 1 amide bonds. The van der Waals surface area contributed by atoms with Gasteiger partial charge in [-0.25, -0.2) is 8.78 Å². The van der Waals surface area contributed by atoms with Crippen LogP contribution in [-0.2, 0) is 24.2 Å². The third-order valence-corrected chi connectivity index (χ3v) is 6.59. The molecule has 0 heterocycles. The van der Waals surface area contributed by atoms with Crippen molar-refractivity contribution < 1.29 is 18.4 Å². The highest BCUT2D eigenvalue weighted by Gasteiger charge is 2.18. The molecule has 0 saturated carbocycles. The van der Waals surface area contributed by atoms with E-state index >= 15 is 0 Å². The Bertz CT molecular complexity index is 1510. The average molecular weight is 498 g/mol. The summed E-state index contributed by atoms with van der Waals surface area (Å²) in [5.74, 6) is -0.969. The second-order valence-electron chi connectivity index (χ2n) is 8.98. The number of nitrogens with zero attached hydrogens (tertiary/aromatic N) is 1. The molecule has 1 aliphatic rings. The molecule has 0 aromatic heterocycles. The third kappa shape index (κ3) is 5.21. The van der Waals surface area contributed by atoms with Crippen LogP contribution in [0.4, 0.5) is 8.78 Å². The molecule has 5 rings (SSSR count). The fourth-order valence-electron chi connectivity index (χ4n) is 4.58. The number of benzene rings is 4. The van der Waals surface area contributed by atoms with Gasteiger partial charge in [-0.15, -0.1) is 0 Å². The van der Waals surface area contributed by atoms with Gasteiger partial charge in [0.05, 0.1) is 0 Å². The van der Waals surface area contributed by atoms with E-state index < -0.39 is 5.82 Å². The van der Waals surface area contributed by atoms with Crippen molar-refractivity contribution in [3.63, 3.8) is 0 Å². The van der Waals surface area contributed by atoms with Gasteiger partial charge in [-0.05, 0) is 76.6 Å². The summed E-state index contributed by atoms with van der Waals surface area (Å²) in [6.07, 6.45) is 1.48. The number of nitrogens with one attached hydrogen (secondary N) is 1. The number of carbonyl (C=O) groups is 1. The summed E-state index contributed by atoms with van der Waals surface area (Å²) >= 11 is 0. The molecule has 1 aliphatic carbocycles. The second kappa shape index (κ2) is 10.2. The summed E-state index contributed by atoms with van der Waals surface area (Å²) in [5.41, 5.74) is 13.6. The molecule has 37 heavy (non-hydrogen) atoms. The average Bonchev–Trinajstić information content (AvgIpc) is 2.91. The van der Waals surface area contributed by atoms with Crippen LogP contribution in [0.5, 0.6) is 0 Å². The number of halogens is 2. The Morgan fingerprint density at radius 3 is 2.22 bits per heavy atom. The lowest BCUT2D eigenvalue weighted by molar-refractivity contribution is 0.0950. The van der Waals surface area contributed by atoms with Gasteiger partial charge in [0, 0.05) is 23.2 Å². The lowest BCUT2D eigenvalue weighted by atomic mass is 9.84. The molecule has 4 aromatic carbocycles. The zero-order valence-corrected chi connectivity index (χ0v) is 20.2. The number of amidine groups is 1. The molecule has 0 aliphatic heterocycles. The number of hydrogen-bond donors (Lipinski definition) is 2. The molecule has 5 nitrogen and oxygen atoms in total. The van der Waals surface area contributed by atoms with Gasteiger partial charge in [0.2, 0.25) is 0 Å². The van der Waals surface area contributed by atoms with Crippen LogP contribution in [-0.4, -0.2) is 18.9 Å². The summed E-state index contributed by atoms with van der Waals surface area (Å²) in [6, 6.07) is 22.9. The number of amides is 1. The minimum absolute atomic E-state index is 0.0349. The van der Waals surface area contributed by atoms with Crippen LogP contribution < -0.4 is 11.1 Å². The Hall–Kier alpha value is -4.52. The van der Waals surface area contributed by atoms with Crippen LogP contribution in [0, 0.1) is 11.6 Å². The topological polar surface area (TPSA) is 76.7 Å². The van der Waals surface area contributed by atoms with Crippen LogP contribution in [0.1, 0.15) is 43.7 Å². The summed E-state index contributed by atoms with van der Waals surface area (Å²) in [6.45, 7) is 0.0349. The SMILES string of the molecule is CO/N=C(\N)c1ccc(CNC(=O)c2ccc3c(c2)Cc2cc(-c4ccc(F)cc4)ccc2C3)c(F)c1. The van der Waals surface area contributed by atoms with Crippen molar-refractivity contribution in [3.8, 4) is 11.1 Å². The number of carbonyl (C=O) groups excluding carboxylic acids is 1. The zero-order chi connectivity index (χ0) is 25.9. The molecule has 0 spiro atoms. The van der Waals surface area contributed by atoms with Crippen molar-refractivity contribution in [2.24, 2.45) is 10.9 Å². The molecule has 0 atom stereocenters. The molecule has 186 valence electrons. The number of hydrogen-bond acceptors (Lipinski definition) is 3. The van der Waals surface area contributed by atoms with Crippen molar-refractivity contribution in [3.05, 3.63) is 129 Å². The Morgan fingerprint density at radius 1 is 0.838 bits per heavy atom. The van der Waals surface area contributed by atoms with Gasteiger partial charge in [-0.1, -0.05) is 53.7 Å². The maximum Gasteiger partial charge on any atom is 0.251 e. The third-order valence-electron chi connectivity index (χ3n) is 6.59. The fraction of sp³-hybridized carbons (Fsp3) is 0.133. The zero-order valence-electron chi connectivity index (χ0n) is 20.2. The minimum Gasteiger partial charge on any atom is -0.397 e. The van der Waals surface area contributed by atoms with Crippen molar-refractivity contribution in [2.75, 3.05) is 7.11 Å². The van der Waals surface area contributed by atoms with E-state index in [2.05, 4.69) is 33.5 Å². The Labute approximate surface area is 213 Å². The maximum atomic E-state index is 14.5. The minimum atomic E-state index is -0.494. The van der Waals surface area contributed by atoms with Crippen molar-refractivity contribution in [1.82, 2.24) is 5.32 Å². The first kappa shape index (κ1) is 24.2. The predicted octanol–water partition coefficient (Wildman–Crippen LogP) is 5.32. The highest BCUT2D eigenvalue weighted by Crippen LogP contribution is 2.31. The van der Waals surface area contributed by atoms with E-state index in [9.17, 15) is 13.6 Å². The Morgan fingerprint density at radius 2 is 1.49 bits per heavy atom. The van der Waals surface area contributed by atoms with Crippen LogP contribution in [0.2, 0.25) is 0 Å². The second-order valence-corrected chi connectivity index (χ2v) is 8.98. The van der Waals surface area contributed by atoms with Crippen molar-refractivity contribution in [1.29, 1.82) is 0 Å². The molecule has 0 saturated heterocycles. The van der Waals surface area contributed by atoms with Gasteiger partial charge < -0.3 is 15.9 Å². The van der Waals surface area contributed by atoms with Crippen molar-refractivity contribution >= 4 is 11.7 Å². The number of nitrogens with two attached hydrogens (primary N) is 1. The molecule has 0 radical (unpaired) electrons. The van der Waals surface area contributed by atoms with E-state index in [1.165, 1.54) is 42.0 Å². The highest BCUT2D eigenvalue weighted by atomic mass is 19.1. The van der Waals surface area contributed by atoms with Crippen LogP contribution in [0.25, 0.3) is 11.1 Å². The fourth-order valence-corrected chi connectivity index (χ4v) is 4.58. The van der Waals surface area contributed by atoms with E-state index in [1.54, 1.807) is 30.3 Å². The number of rotatable bonds is 6. The highest BCUT2D eigenvalue weighted by molar-refractivity contribution is 5.97. The van der Waals surface area contributed by atoms with Crippen LogP contribution in [0.15, 0.2) is 84.0 Å². The molecule has 3 N–H and O–H groups in total. The lowest BCUT2D eigenvalue weighted by Crippen LogP contribution is -2.24. The number of fused-ring (bicyclic) bond motifs is 2. The van der Waals surface area contributed by atoms with E-state index in [1.807, 2.05) is 12.1 Å². The van der Waals surface area contributed by atoms with Gasteiger partial charge in [0.25, 0.3) is 5.91 Å². The van der Waals surface area contributed by atoms with Gasteiger partial charge in [0.15, 0.2) is 5.84 Å². The molecule has 4 aromatic rings. The van der Waals surface area contributed by atoms with E-state index in [0.717, 1.165) is 23.1 Å². The Balaban J connectivity index is 1.29. The lowest BCUT2D eigenvalue weighted by Gasteiger charge is -2.21. The van der Waals surface area contributed by atoms with Crippen molar-refractivity contribution in [2.45, 2.75) is 19.4 Å². The van der Waals surface area contributed by atoms with E-state index in [-0.39, 0.29) is 24.1 Å². The van der Waals surface area contributed by atoms with Gasteiger partial charge >= 0.3 is 0 Å². The van der Waals surface area contributed by atoms with Gasteiger partial charge in [-0.3, -0.25) is 4.79 Å². The predicted molar refractivity (Wildman–Crippen MR) is 139 cm³/mol. The summed E-state index contributed by atoms with van der Waals surface area (Å²) in [5, 5.41) is 6.39. The monoisotopic (exact) mass is 497 g/mol. The van der Waals surface area contributed by atoms with Crippen LogP contribution >= 0.6 is 0 Å². The number of oxime groups is 1. The molecule has 7 heteroatoms. The largest absolute Gasteiger partial charge is 0.397 e. The first-order chi connectivity index (χ1) is 17.9. The molecular weight excluding hydrogens is 472 g/mol. The van der Waals surface area contributed by atoms with Crippen LogP contribution in [0.3, 0.4) is 0 Å². The van der Waals surface area contributed by atoms with E-state index in [4.69, 9.17) is 5.73 Å².